The number of aliphatic hydroxyl groups excluding tert-OH is 1. The number of nitrogens with two attached hydrogens (primary N) is 1. The number of unbranched alkanes of at least 4 members (excludes halogenated alkanes) is 1. The molecule has 0 aliphatic carbocycles. The second-order valence-electron chi connectivity index (χ2n) is 3.11. The predicted molar refractivity (Wildman–Crippen MR) is 52.1 cm³/mol. The number of hydrogen-bond acceptors (Lipinski definition) is 3. The summed E-state index contributed by atoms with van der Waals surface area (Å²) in [5.74, 6) is 0. The largest absolute Gasteiger partial charge is 0.396 e. The van der Waals surface area contributed by atoms with Crippen LogP contribution in [0.25, 0.3) is 0 Å². The fourth-order valence-corrected chi connectivity index (χ4v) is 1.14. The average Bonchev–Trinajstić information content (AvgIpc) is 2.11. The molecular formula is C9H22N2O. The molecule has 0 aliphatic rings. The van der Waals surface area contributed by atoms with Crippen LogP contribution >= 0.6 is 0 Å². The molecule has 0 saturated heterocycles. The monoisotopic (exact) mass is 174 g/mol. The lowest BCUT2D eigenvalue weighted by molar-refractivity contribution is 0.282. The van der Waals surface area contributed by atoms with Crippen molar-refractivity contribution in [2.24, 2.45) is 5.73 Å². The van der Waals surface area contributed by atoms with Gasteiger partial charge in [0.1, 0.15) is 0 Å². The molecule has 74 valence electrons. The third kappa shape index (κ3) is 6.58. The predicted octanol–water partition coefficient (Wildman–Crippen LogP) is 0.476. The Bertz CT molecular complexity index is 88.6. The summed E-state index contributed by atoms with van der Waals surface area (Å²) in [4.78, 5) is 0. The molecule has 0 heterocycles. The molecule has 3 heteroatoms. The van der Waals surface area contributed by atoms with Crippen LogP contribution in [-0.4, -0.2) is 30.8 Å². The Morgan fingerprint density at radius 2 is 2.17 bits per heavy atom. The first-order valence-corrected chi connectivity index (χ1v) is 4.89. The van der Waals surface area contributed by atoms with Gasteiger partial charge < -0.3 is 16.2 Å². The number of nitrogens with one attached hydrogen (secondary N) is 1. The van der Waals surface area contributed by atoms with Gasteiger partial charge in [0.25, 0.3) is 0 Å². The van der Waals surface area contributed by atoms with Gasteiger partial charge in [-0.05, 0) is 19.4 Å². The Morgan fingerprint density at radius 1 is 1.42 bits per heavy atom. The van der Waals surface area contributed by atoms with E-state index in [-0.39, 0.29) is 6.61 Å². The van der Waals surface area contributed by atoms with Crippen LogP contribution in [0.1, 0.15) is 32.6 Å². The highest BCUT2D eigenvalue weighted by Gasteiger charge is 2.03. The van der Waals surface area contributed by atoms with Crippen LogP contribution in [0.3, 0.4) is 0 Å². The third-order valence-corrected chi connectivity index (χ3v) is 1.96. The van der Waals surface area contributed by atoms with Crippen LogP contribution in [0.4, 0.5) is 0 Å². The summed E-state index contributed by atoms with van der Waals surface area (Å²) in [6.45, 7) is 4.02. The first kappa shape index (κ1) is 11.9. The van der Waals surface area contributed by atoms with Gasteiger partial charge in [-0.3, -0.25) is 0 Å². The first-order chi connectivity index (χ1) is 5.85. The SMILES string of the molecule is CCCCC(CN)NCCCO. The molecule has 0 bridgehead atoms. The Balaban J connectivity index is 3.26. The number of hydrogen-bond donors (Lipinski definition) is 3. The van der Waals surface area contributed by atoms with Crippen LogP contribution in [0, 0.1) is 0 Å². The molecular weight excluding hydrogens is 152 g/mol. The topological polar surface area (TPSA) is 58.3 Å². The molecule has 0 rings (SSSR count). The van der Waals surface area contributed by atoms with Gasteiger partial charge in [-0.15, -0.1) is 0 Å². The lowest BCUT2D eigenvalue weighted by Gasteiger charge is -2.15. The summed E-state index contributed by atoms with van der Waals surface area (Å²) >= 11 is 0. The summed E-state index contributed by atoms with van der Waals surface area (Å²) < 4.78 is 0. The maximum atomic E-state index is 8.56. The normalized spacial score (nSPS) is 13.2. The second kappa shape index (κ2) is 8.97. The zero-order valence-electron chi connectivity index (χ0n) is 8.05. The van der Waals surface area contributed by atoms with Gasteiger partial charge in [-0.25, -0.2) is 0 Å². The minimum absolute atomic E-state index is 0.262. The molecule has 4 N–H and O–H groups in total. The molecule has 0 fully saturated rings. The van der Waals surface area contributed by atoms with E-state index >= 15 is 0 Å². The quantitative estimate of drug-likeness (QED) is 0.469. The van der Waals surface area contributed by atoms with Gasteiger partial charge in [0.2, 0.25) is 0 Å². The second-order valence-corrected chi connectivity index (χ2v) is 3.11. The third-order valence-electron chi connectivity index (χ3n) is 1.96. The molecule has 1 atom stereocenters. The highest BCUT2D eigenvalue weighted by Crippen LogP contribution is 1.98. The van der Waals surface area contributed by atoms with Crippen LogP contribution in [0.15, 0.2) is 0 Å². The Kier molecular flexibility index (Phi) is 8.88. The molecule has 0 amide bonds. The van der Waals surface area contributed by atoms with E-state index in [9.17, 15) is 0 Å². The maximum absolute atomic E-state index is 8.56. The Hall–Kier alpha value is -0.120. The minimum Gasteiger partial charge on any atom is -0.396 e. The lowest BCUT2D eigenvalue weighted by Crippen LogP contribution is -2.36. The van der Waals surface area contributed by atoms with Crippen molar-refractivity contribution in [2.45, 2.75) is 38.6 Å². The van der Waals surface area contributed by atoms with Gasteiger partial charge in [0, 0.05) is 19.2 Å². The number of aliphatic hydroxyl groups is 1. The molecule has 0 spiro atoms. The van der Waals surface area contributed by atoms with E-state index in [1.54, 1.807) is 0 Å². The van der Waals surface area contributed by atoms with Crippen LogP contribution in [-0.2, 0) is 0 Å². The van der Waals surface area contributed by atoms with Gasteiger partial charge in [-0.1, -0.05) is 19.8 Å². The molecule has 0 saturated carbocycles. The van der Waals surface area contributed by atoms with Crippen LogP contribution in [0.5, 0.6) is 0 Å². The highest BCUT2D eigenvalue weighted by atomic mass is 16.3. The van der Waals surface area contributed by atoms with Crippen molar-refractivity contribution in [2.75, 3.05) is 19.7 Å². The maximum Gasteiger partial charge on any atom is 0.0443 e. The van der Waals surface area contributed by atoms with E-state index in [0.717, 1.165) is 19.4 Å². The Labute approximate surface area is 75.3 Å². The summed E-state index contributed by atoms with van der Waals surface area (Å²) in [6.07, 6.45) is 4.42. The average molecular weight is 174 g/mol. The molecule has 12 heavy (non-hydrogen) atoms. The van der Waals surface area contributed by atoms with Crippen molar-refractivity contribution in [3.05, 3.63) is 0 Å². The highest BCUT2D eigenvalue weighted by molar-refractivity contribution is 4.66. The van der Waals surface area contributed by atoms with Gasteiger partial charge in [0.15, 0.2) is 0 Å². The van der Waals surface area contributed by atoms with Crippen molar-refractivity contribution in [3.8, 4) is 0 Å². The summed E-state index contributed by atoms with van der Waals surface area (Å²) in [7, 11) is 0. The van der Waals surface area contributed by atoms with E-state index in [0.29, 0.717) is 12.6 Å². The summed E-state index contributed by atoms with van der Waals surface area (Å²) in [5.41, 5.74) is 5.57. The van der Waals surface area contributed by atoms with Crippen molar-refractivity contribution < 1.29 is 5.11 Å². The zero-order valence-corrected chi connectivity index (χ0v) is 8.05. The molecule has 0 radical (unpaired) electrons. The fourth-order valence-electron chi connectivity index (χ4n) is 1.14. The first-order valence-electron chi connectivity index (χ1n) is 4.89. The van der Waals surface area contributed by atoms with Crippen molar-refractivity contribution in [1.82, 2.24) is 5.32 Å². The van der Waals surface area contributed by atoms with Crippen molar-refractivity contribution in [3.63, 3.8) is 0 Å². The van der Waals surface area contributed by atoms with E-state index in [1.807, 2.05) is 0 Å². The Morgan fingerprint density at radius 3 is 2.67 bits per heavy atom. The fraction of sp³-hybridized carbons (Fsp3) is 1.00. The molecule has 0 aromatic carbocycles. The minimum atomic E-state index is 0.262. The van der Waals surface area contributed by atoms with Gasteiger partial charge >= 0.3 is 0 Å². The van der Waals surface area contributed by atoms with E-state index in [4.69, 9.17) is 10.8 Å². The smallest absolute Gasteiger partial charge is 0.0443 e. The molecule has 1 unspecified atom stereocenters. The van der Waals surface area contributed by atoms with E-state index in [2.05, 4.69) is 12.2 Å². The molecule has 0 aliphatic heterocycles. The summed E-state index contributed by atoms with van der Waals surface area (Å²) in [6, 6.07) is 0.441. The van der Waals surface area contributed by atoms with E-state index in [1.165, 1.54) is 12.8 Å². The number of rotatable bonds is 8. The van der Waals surface area contributed by atoms with E-state index < -0.39 is 0 Å². The van der Waals surface area contributed by atoms with Crippen molar-refractivity contribution >= 4 is 0 Å². The molecule has 0 aromatic rings. The van der Waals surface area contributed by atoms with Gasteiger partial charge in [-0.2, -0.15) is 0 Å². The zero-order chi connectivity index (χ0) is 9.23. The van der Waals surface area contributed by atoms with Gasteiger partial charge in [0.05, 0.1) is 0 Å². The molecule has 3 nitrogen and oxygen atoms in total. The lowest BCUT2D eigenvalue weighted by atomic mass is 10.1. The standard InChI is InChI=1S/C9H22N2O/c1-2-3-5-9(8-10)11-6-4-7-12/h9,11-12H,2-8,10H2,1H3. The molecule has 0 aromatic heterocycles. The van der Waals surface area contributed by atoms with Crippen LogP contribution in [0.2, 0.25) is 0 Å². The summed E-state index contributed by atoms with van der Waals surface area (Å²) in [5, 5.41) is 11.9. The van der Waals surface area contributed by atoms with Crippen LogP contribution < -0.4 is 11.1 Å². The van der Waals surface area contributed by atoms with Crippen molar-refractivity contribution in [1.29, 1.82) is 0 Å².